The summed E-state index contributed by atoms with van der Waals surface area (Å²) in [5.74, 6) is 1.21. The Kier molecular flexibility index (Phi) is 5.72. The van der Waals surface area contributed by atoms with Gasteiger partial charge in [-0.2, -0.15) is 13.2 Å². The van der Waals surface area contributed by atoms with Crippen LogP contribution in [-0.2, 0) is 12.7 Å². The number of aliphatic imine (C=N–C) groups is 1. The second kappa shape index (κ2) is 8.02. The number of likely N-dealkylation sites (tertiary alicyclic amines) is 1. The summed E-state index contributed by atoms with van der Waals surface area (Å²) in [6.07, 6.45) is 2.23. The number of piperidine rings is 1. The zero-order chi connectivity index (χ0) is 19.4. The van der Waals surface area contributed by atoms with Crippen molar-refractivity contribution in [2.75, 3.05) is 20.1 Å². The highest BCUT2D eigenvalue weighted by Crippen LogP contribution is 2.30. The van der Waals surface area contributed by atoms with Crippen LogP contribution in [0.4, 0.5) is 13.2 Å². The number of benzene rings is 1. The van der Waals surface area contributed by atoms with E-state index in [1.807, 2.05) is 12.5 Å². The number of alkyl halides is 3. The van der Waals surface area contributed by atoms with Gasteiger partial charge >= 0.3 is 6.18 Å². The van der Waals surface area contributed by atoms with E-state index < -0.39 is 11.7 Å². The maximum absolute atomic E-state index is 12.9. The summed E-state index contributed by atoms with van der Waals surface area (Å²) in [6, 6.07) is 5.66. The average molecular weight is 379 g/mol. The van der Waals surface area contributed by atoms with Gasteiger partial charge in [-0.25, -0.2) is 4.98 Å². The molecule has 2 heterocycles. The summed E-state index contributed by atoms with van der Waals surface area (Å²) >= 11 is 0. The third-order valence-corrected chi connectivity index (χ3v) is 5.04. The summed E-state index contributed by atoms with van der Waals surface area (Å²) in [5.41, 5.74) is -0.0636. The van der Waals surface area contributed by atoms with E-state index in [1.165, 1.54) is 12.1 Å². The molecule has 1 aliphatic heterocycles. The maximum Gasteiger partial charge on any atom is 0.416 e. The summed E-state index contributed by atoms with van der Waals surface area (Å²) in [5, 5.41) is 3.20. The van der Waals surface area contributed by atoms with E-state index in [2.05, 4.69) is 31.7 Å². The minimum atomic E-state index is -4.33. The highest BCUT2D eigenvalue weighted by atomic mass is 19.4. The SMILES string of the molecule is CN=C(NCc1cccc(C(F)(F)F)c1)N1CCC(C)C(n2ccnc2)C1. The van der Waals surface area contributed by atoms with E-state index >= 15 is 0 Å². The van der Waals surface area contributed by atoms with Gasteiger partial charge in [-0.05, 0) is 30.0 Å². The van der Waals surface area contributed by atoms with Gasteiger partial charge in [-0.15, -0.1) is 0 Å². The van der Waals surface area contributed by atoms with E-state index in [0.717, 1.165) is 25.6 Å². The first-order valence-corrected chi connectivity index (χ1v) is 8.97. The molecule has 1 saturated heterocycles. The molecule has 27 heavy (non-hydrogen) atoms. The van der Waals surface area contributed by atoms with Crippen LogP contribution in [0.1, 0.15) is 30.5 Å². The van der Waals surface area contributed by atoms with Gasteiger partial charge in [0.2, 0.25) is 0 Å². The van der Waals surface area contributed by atoms with Crippen molar-refractivity contribution in [3.05, 3.63) is 54.1 Å². The van der Waals surface area contributed by atoms with Crippen molar-refractivity contribution in [2.24, 2.45) is 10.9 Å². The number of nitrogens with zero attached hydrogens (tertiary/aromatic N) is 4. The number of aromatic nitrogens is 2. The van der Waals surface area contributed by atoms with Crippen LogP contribution >= 0.6 is 0 Å². The lowest BCUT2D eigenvalue weighted by molar-refractivity contribution is -0.137. The molecule has 0 aliphatic carbocycles. The highest BCUT2D eigenvalue weighted by molar-refractivity contribution is 5.80. The molecule has 1 aromatic heterocycles. The van der Waals surface area contributed by atoms with E-state index in [0.29, 0.717) is 24.0 Å². The zero-order valence-electron chi connectivity index (χ0n) is 15.4. The van der Waals surface area contributed by atoms with Gasteiger partial charge in [0.15, 0.2) is 5.96 Å². The number of hydrogen-bond donors (Lipinski definition) is 1. The molecule has 146 valence electrons. The molecule has 3 rings (SSSR count). The van der Waals surface area contributed by atoms with Gasteiger partial charge in [0.25, 0.3) is 0 Å². The summed E-state index contributed by atoms with van der Waals surface area (Å²) in [6.45, 7) is 4.15. The number of guanidine groups is 1. The Bertz CT molecular complexity index is 770. The van der Waals surface area contributed by atoms with Gasteiger partial charge in [0.1, 0.15) is 0 Å². The molecule has 8 heteroatoms. The largest absolute Gasteiger partial charge is 0.416 e. The Morgan fingerprint density at radius 1 is 1.37 bits per heavy atom. The Hall–Kier alpha value is -2.51. The molecular weight excluding hydrogens is 355 g/mol. The highest BCUT2D eigenvalue weighted by Gasteiger charge is 2.31. The van der Waals surface area contributed by atoms with Gasteiger partial charge in [0.05, 0.1) is 17.9 Å². The van der Waals surface area contributed by atoms with Gasteiger partial charge < -0.3 is 14.8 Å². The maximum atomic E-state index is 12.9. The van der Waals surface area contributed by atoms with Gasteiger partial charge in [-0.3, -0.25) is 4.99 Å². The molecule has 2 unspecified atom stereocenters. The van der Waals surface area contributed by atoms with Crippen molar-refractivity contribution < 1.29 is 13.2 Å². The summed E-state index contributed by atoms with van der Waals surface area (Å²) in [7, 11) is 1.69. The van der Waals surface area contributed by atoms with Crippen LogP contribution in [0.2, 0.25) is 0 Å². The average Bonchev–Trinajstić information content (AvgIpc) is 3.17. The minimum Gasteiger partial charge on any atom is -0.352 e. The standard InChI is InChI=1S/C19H24F3N5/c1-14-6-8-26(12-17(14)27-9-7-24-13-27)18(23-2)25-11-15-4-3-5-16(10-15)19(20,21)22/h3-5,7,9-10,13-14,17H,6,8,11-12H2,1-2H3,(H,23,25). The van der Waals surface area contributed by atoms with Gasteiger partial charge in [-0.1, -0.05) is 19.1 Å². The fraction of sp³-hybridized carbons (Fsp3) is 0.474. The first kappa shape index (κ1) is 19.3. The lowest BCUT2D eigenvalue weighted by Crippen LogP contribution is -2.48. The molecule has 2 aromatic rings. The molecule has 0 spiro atoms. The Morgan fingerprint density at radius 3 is 2.85 bits per heavy atom. The number of halogens is 3. The zero-order valence-corrected chi connectivity index (χ0v) is 15.4. The molecule has 0 saturated carbocycles. The smallest absolute Gasteiger partial charge is 0.352 e. The Morgan fingerprint density at radius 2 is 2.19 bits per heavy atom. The second-order valence-electron chi connectivity index (χ2n) is 6.89. The normalized spacial score (nSPS) is 21.4. The third-order valence-electron chi connectivity index (χ3n) is 5.04. The van der Waals surface area contributed by atoms with Crippen LogP contribution in [0, 0.1) is 5.92 Å². The molecular formula is C19H24F3N5. The molecule has 1 aromatic carbocycles. The summed E-state index contributed by atoms with van der Waals surface area (Å²) in [4.78, 5) is 10.6. The fourth-order valence-corrected chi connectivity index (χ4v) is 3.47. The molecule has 1 aliphatic rings. The Balaban J connectivity index is 1.66. The molecule has 1 fully saturated rings. The Labute approximate surface area is 156 Å². The van der Waals surface area contributed by atoms with Crippen molar-refractivity contribution in [3.8, 4) is 0 Å². The molecule has 1 N–H and O–H groups in total. The van der Waals surface area contributed by atoms with E-state index in [-0.39, 0.29) is 6.04 Å². The predicted molar refractivity (Wildman–Crippen MR) is 98.3 cm³/mol. The lowest BCUT2D eigenvalue weighted by atomic mass is 9.93. The van der Waals surface area contributed by atoms with Crippen molar-refractivity contribution in [1.29, 1.82) is 0 Å². The van der Waals surface area contributed by atoms with Gasteiger partial charge in [0, 0.05) is 39.1 Å². The van der Waals surface area contributed by atoms with Crippen LogP contribution in [0.25, 0.3) is 0 Å². The monoisotopic (exact) mass is 379 g/mol. The molecule has 2 atom stereocenters. The molecule has 0 bridgehead atoms. The van der Waals surface area contributed by atoms with Crippen LogP contribution in [0.15, 0.2) is 48.0 Å². The lowest BCUT2D eigenvalue weighted by Gasteiger charge is -2.39. The van der Waals surface area contributed by atoms with Crippen molar-refractivity contribution >= 4 is 5.96 Å². The van der Waals surface area contributed by atoms with Crippen molar-refractivity contribution in [1.82, 2.24) is 19.8 Å². The van der Waals surface area contributed by atoms with Crippen molar-refractivity contribution in [2.45, 2.75) is 32.1 Å². The first-order chi connectivity index (χ1) is 12.9. The predicted octanol–water partition coefficient (Wildman–Crippen LogP) is 3.56. The van der Waals surface area contributed by atoms with E-state index in [9.17, 15) is 13.2 Å². The van der Waals surface area contributed by atoms with Crippen molar-refractivity contribution in [3.63, 3.8) is 0 Å². The van der Waals surface area contributed by atoms with Crippen LogP contribution < -0.4 is 5.32 Å². The van der Waals surface area contributed by atoms with Crippen LogP contribution in [0.5, 0.6) is 0 Å². The van der Waals surface area contributed by atoms with Crippen LogP contribution in [0.3, 0.4) is 0 Å². The number of nitrogens with one attached hydrogen (secondary N) is 1. The molecule has 5 nitrogen and oxygen atoms in total. The third kappa shape index (κ3) is 4.61. The second-order valence-corrected chi connectivity index (χ2v) is 6.89. The van der Waals surface area contributed by atoms with Crippen LogP contribution in [-0.4, -0.2) is 40.5 Å². The molecule has 0 radical (unpaired) electrons. The fourth-order valence-electron chi connectivity index (χ4n) is 3.47. The first-order valence-electron chi connectivity index (χ1n) is 8.97. The van der Waals surface area contributed by atoms with E-state index in [1.54, 1.807) is 19.3 Å². The minimum absolute atomic E-state index is 0.286. The summed E-state index contributed by atoms with van der Waals surface area (Å²) < 4.78 is 40.7. The number of hydrogen-bond acceptors (Lipinski definition) is 2. The topological polar surface area (TPSA) is 45.5 Å². The quantitative estimate of drug-likeness (QED) is 0.655. The number of rotatable bonds is 3. The van der Waals surface area contributed by atoms with E-state index in [4.69, 9.17) is 0 Å². The molecule has 0 amide bonds. The number of imidazole rings is 1.